The van der Waals surface area contributed by atoms with Crippen LogP contribution in [0.3, 0.4) is 0 Å². The van der Waals surface area contributed by atoms with E-state index in [2.05, 4.69) is 45.3 Å². The molecule has 0 radical (unpaired) electrons. The number of carbonyl (C=O) groups is 1. The first-order valence-corrected chi connectivity index (χ1v) is 12.0. The van der Waals surface area contributed by atoms with Gasteiger partial charge in [-0.15, -0.1) is 23.5 Å². The Hall–Kier alpha value is -1.59. The average molecular weight is 544 g/mol. The predicted molar refractivity (Wildman–Crippen MR) is 128 cm³/mol. The molecule has 0 unspecified atom stereocenters. The maximum absolute atomic E-state index is 12.0. The van der Waals surface area contributed by atoms with Crippen LogP contribution < -0.4 is 19.6 Å². The monoisotopic (exact) mass is 544 g/mol. The van der Waals surface area contributed by atoms with Crippen LogP contribution in [0, 0.1) is 3.57 Å². The van der Waals surface area contributed by atoms with Gasteiger partial charge in [-0.25, -0.2) is 5.43 Å². The molecule has 1 heterocycles. The fourth-order valence-electron chi connectivity index (χ4n) is 2.64. The van der Waals surface area contributed by atoms with E-state index < -0.39 is 0 Å². The van der Waals surface area contributed by atoms with Gasteiger partial charge in [0.05, 0.1) is 28.6 Å². The molecule has 0 bridgehead atoms. The van der Waals surface area contributed by atoms with Crippen molar-refractivity contribution in [3.63, 3.8) is 0 Å². The van der Waals surface area contributed by atoms with Gasteiger partial charge in [0.15, 0.2) is 18.1 Å². The largest absolute Gasteiger partial charge is 0.493 e. The van der Waals surface area contributed by atoms with Gasteiger partial charge in [-0.3, -0.25) is 4.79 Å². The molecule has 0 aromatic heterocycles. The van der Waals surface area contributed by atoms with E-state index in [1.807, 2.05) is 41.7 Å². The highest BCUT2D eigenvalue weighted by molar-refractivity contribution is 14.1. The van der Waals surface area contributed by atoms with Crippen LogP contribution in [0.5, 0.6) is 17.2 Å². The third-order valence-corrected chi connectivity index (χ3v) is 7.91. The number of nitrogens with zero attached hydrogens (tertiary/aromatic N) is 1. The summed E-state index contributed by atoms with van der Waals surface area (Å²) in [5, 5.41) is 3.98. The topological polar surface area (TPSA) is 69.2 Å². The Morgan fingerprint density at radius 1 is 1.21 bits per heavy atom. The van der Waals surface area contributed by atoms with Crippen LogP contribution in [0.4, 0.5) is 0 Å². The summed E-state index contributed by atoms with van der Waals surface area (Å²) >= 11 is 6.08. The van der Waals surface area contributed by atoms with Crippen LogP contribution in [-0.2, 0) is 4.79 Å². The summed E-state index contributed by atoms with van der Waals surface area (Å²) < 4.78 is 17.5. The minimum absolute atomic E-state index is 0.104. The van der Waals surface area contributed by atoms with Gasteiger partial charge < -0.3 is 14.2 Å². The van der Waals surface area contributed by atoms with E-state index in [0.29, 0.717) is 21.8 Å². The van der Waals surface area contributed by atoms with Crippen molar-refractivity contribution >= 4 is 58.2 Å². The van der Waals surface area contributed by atoms with Gasteiger partial charge in [-0.1, -0.05) is 12.1 Å². The second-order valence-corrected chi connectivity index (χ2v) is 9.85. The van der Waals surface area contributed by atoms with Gasteiger partial charge in [0.1, 0.15) is 5.75 Å². The van der Waals surface area contributed by atoms with Crippen molar-refractivity contribution in [2.45, 2.75) is 4.58 Å². The molecule has 1 fully saturated rings. The number of amides is 1. The first kappa shape index (κ1) is 22.1. The van der Waals surface area contributed by atoms with Crippen molar-refractivity contribution in [1.82, 2.24) is 5.43 Å². The van der Waals surface area contributed by atoms with Gasteiger partial charge in [0.2, 0.25) is 0 Å². The summed E-state index contributed by atoms with van der Waals surface area (Å²) in [4.78, 5) is 12.0. The van der Waals surface area contributed by atoms with E-state index in [4.69, 9.17) is 14.2 Å². The van der Waals surface area contributed by atoms with Gasteiger partial charge >= 0.3 is 0 Å². The summed E-state index contributed by atoms with van der Waals surface area (Å²) in [5.74, 6) is 3.98. The Morgan fingerprint density at radius 2 is 1.93 bits per heavy atom. The summed E-state index contributed by atoms with van der Waals surface area (Å²) in [7, 11) is 3.17. The fraction of sp³-hybridized carbons (Fsp3) is 0.300. The maximum atomic E-state index is 12.0. The zero-order chi connectivity index (χ0) is 20.6. The molecule has 2 aromatic rings. The Labute approximate surface area is 192 Å². The zero-order valence-corrected chi connectivity index (χ0v) is 19.8. The lowest BCUT2D eigenvalue weighted by Crippen LogP contribution is -2.24. The zero-order valence-electron chi connectivity index (χ0n) is 16.0. The normalized spacial score (nSPS) is 14.2. The number of halogens is 1. The number of rotatable bonds is 8. The first-order chi connectivity index (χ1) is 14.1. The smallest absolute Gasteiger partial charge is 0.277 e. The number of methoxy groups -OCH3 is 2. The molecule has 1 amide bonds. The van der Waals surface area contributed by atoms with Crippen molar-refractivity contribution in [1.29, 1.82) is 0 Å². The molecular weight excluding hydrogens is 523 g/mol. The Kier molecular flexibility index (Phi) is 8.37. The second kappa shape index (κ2) is 11.0. The van der Waals surface area contributed by atoms with Crippen LogP contribution in [0.15, 0.2) is 41.5 Å². The minimum atomic E-state index is -0.331. The van der Waals surface area contributed by atoms with Gasteiger partial charge in [-0.05, 0) is 58.0 Å². The molecule has 1 aliphatic heterocycles. The SMILES string of the molecule is COc1cc(/C=N\NC(=O)COc2ccc(C3SCCS3)cc2)cc(I)c1OC. The van der Waals surface area contributed by atoms with E-state index in [9.17, 15) is 4.79 Å². The molecule has 0 aliphatic carbocycles. The highest BCUT2D eigenvalue weighted by Gasteiger charge is 2.18. The molecule has 3 rings (SSSR count). The molecular formula is C20H21IN2O4S2. The molecule has 2 aromatic carbocycles. The molecule has 1 saturated heterocycles. The fourth-order valence-corrected chi connectivity index (χ4v) is 6.35. The van der Waals surface area contributed by atoms with E-state index >= 15 is 0 Å². The Bertz CT molecular complexity index is 872. The lowest BCUT2D eigenvalue weighted by molar-refractivity contribution is -0.123. The number of hydrogen-bond donors (Lipinski definition) is 1. The van der Waals surface area contributed by atoms with Gasteiger partial charge in [0, 0.05) is 11.5 Å². The number of nitrogens with one attached hydrogen (secondary N) is 1. The van der Waals surface area contributed by atoms with Crippen LogP contribution in [0.2, 0.25) is 0 Å². The molecule has 29 heavy (non-hydrogen) atoms. The Morgan fingerprint density at radius 3 is 2.59 bits per heavy atom. The van der Waals surface area contributed by atoms with Gasteiger partial charge in [-0.2, -0.15) is 5.10 Å². The highest BCUT2D eigenvalue weighted by Crippen LogP contribution is 2.45. The molecule has 0 spiro atoms. The van der Waals surface area contributed by atoms with Gasteiger partial charge in [0.25, 0.3) is 5.91 Å². The second-order valence-electron chi connectivity index (χ2n) is 5.96. The minimum Gasteiger partial charge on any atom is -0.493 e. The van der Waals surface area contributed by atoms with Crippen molar-refractivity contribution in [2.24, 2.45) is 5.10 Å². The van der Waals surface area contributed by atoms with Crippen molar-refractivity contribution in [3.05, 3.63) is 51.1 Å². The van der Waals surface area contributed by atoms with Crippen LogP contribution in [0.25, 0.3) is 0 Å². The third-order valence-electron chi connectivity index (χ3n) is 4.00. The van der Waals surface area contributed by atoms with Crippen molar-refractivity contribution < 1.29 is 19.0 Å². The first-order valence-electron chi connectivity index (χ1n) is 8.80. The number of thioether (sulfide) groups is 2. The van der Waals surface area contributed by atoms with Crippen molar-refractivity contribution in [3.8, 4) is 17.2 Å². The maximum Gasteiger partial charge on any atom is 0.277 e. The summed E-state index contributed by atoms with van der Waals surface area (Å²) in [5.41, 5.74) is 4.53. The van der Waals surface area contributed by atoms with E-state index in [1.54, 1.807) is 26.5 Å². The van der Waals surface area contributed by atoms with Crippen molar-refractivity contribution in [2.75, 3.05) is 32.3 Å². The highest BCUT2D eigenvalue weighted by atomic mass is 127. The van der Waals surface area contributed by atoms with E-state index in [0.717, 1.165) is 9.13 Å². The molecule has 1 aliphatic rings. The molecule has 9 heteroatoms. The lowest BCUT2D eigenvalue weighted by atomic mass is 10.2. The molecule has 0 atom stereocenters. The molecule has 1 N–H and O–H groups in total. The van der Waals surface area contributed by atoms with Crippen LogP contribution in [0.1, 0.15) is 15.7 Å². The van der Waals surface area contributed by atoms with E-state index in [-0.39, 0.29) is 12.5 Å². The average Bonchev–Trinajstić information content (AvgIpc) is 3.27. The summed E-state index contributed by atoms with van der Waals surface area (Å²) in [6.45, 7) is -0.104. The number of carbonyl (C=O) groups excluding carboxylic acids is 1. The molecule has 0 saturated carbocycles. The summed E-state index contributed by atoms with van der Waals surface area (Å²) in [6, 6.07) is 11.6. The van der Waals surface area contributed by atoms with Crippen LogP contribution >= 0.6 is 46.1 Å². The number of hydrazone groups is 1. The lowest BCUT2D eigenvalue weighted by Gasteiger charge is -2.10. The molecule has 154 valence electrons. The standard InChI is InChI=1S/C20H21IN2O4S2/c1-25-17-10-13(9-16(21)19(17)26-2)11-22-23-18(24)12-27-15-5-3-14(4-6-15)20-28-7-8-29-20/h3-6,9-11,20H,7-8,12H2,1-2H3,(H,23,24)/b22-11-. The number of hydrogen-bond acceptors (Lipinski definition) is 7. The quantitative estimate of drug-likeness (QED) is 0.304. The predicted octanol–water partition coefficient (Wildman–Crippen LogP) is 4.32. The van der Waals surface area contributed by atoms with Crippen LogP contribution in [-0.4, -0.2) is 44.5 Å². The van der Waals surface area contributed by atoms with E-state index in [1.165, 1.54) is 17.1 Å². The number of ether oxygens (including phenoxy) is 3. The Balaban J connectivity index is 1.49. The summed E-state index contributed by atoms with van der Waals surface area (Å²) in [6.07, 6.45) is 1.55. The molecule has 6 nitrogen and oxygen atoms in total. The number of benzene rings is 2. The third kappa shape index (κ3) is 6.19.